The number of rotatable bonds is 11. The van der Waals surface area contributed by atoms with Gasteiger partial charge in [0.2, 0.25) is 5.91 Å². The van der Waals surface area contributed by atoms with Gasteiger partial charge in [0.15, 0.2) is 0 Å². The monoisotopic (exact) mass is 590 g/mol. The van der Waals surface area contributed by atoms with Crippen LogP contribution in [0.3, 0.4) is 0 Å². The number of likely N-dealkylation sites (N-methyl/N-ethyl adjacent to an activating group) is 1. The molecule has 40 heavy (non-hydrogen) atoms. The van der Waals surface area contributed by atoms with E-state index in [4.69, 9.17) is 16.3 Å². The van der Waals surface area contributed by atoms with Crippen LogP contribution >= 0.6 is 11.6 Å². The van der Waals surface area contributed by atoms with E-state index in [0.717, 1.165) is 48.2 Å². The second-order valence-electron chi connectivity index (χ2n) is 9.81. The summed E-state index contributed by atoms with van der Waals surface area (Å²) in [6.45, 7) is 4.63. The molecular weight excluding hydrogens is 558 g/mol. The lowest BCUT2D eigenvalue weighted by Crippen LogP contribution is -2.38. The highest BCUT2D eigenvalue weighted by atomic mass is 35.5. The van der Waals surface area contributed by atoms with Gasteiger partial charge in [-0.15, -0.1) is 0 Å². The van der Waals surface area contributed by atoms with Gasteiger partial charge in [0.05, 0.1) is 23.2 Å². The number of nitrogens with zero attached hydrogens (tertiary/aromatic N) is 2. The Kier molecular flexibility index (Phi) is 9.68. The van der Waals surface area contributed by atoms with Crippen LogP contribution in [-0.4, -0.2) is 38.9 Å². The van der Waals surface area contributed by atoms with E-state index in [1.165, 1.54) is 24.3 Å². The molecule has 0 radical (unpaired) electrons. The van der Waals surface area contributed by atoms with Crippen LogP contribution in [0, 0.1) is 17.6 Å². The summed E-state index contributed by atoms with van der Waals surface area (Å²) < 4.78 is 64.1. The summed E-state index contributed by atoms with van der Waals surface area (Å²) in [5, 5.41) is 0.335. The first kappa shape index (κ1) is 29.8. The van der Waals surface area contributed by atoms with E-state index in [-0.39, 0.29) is 23.3 Å². The predicted molar refractivity (Wildman–Crippen MR) is 152 cm³/mol. The fourth-order valence-electron chi connectivity index (χ4n) is 5.13. The Labute approximate surface area is 239 Å². The lowest BCUT2D eigenvalue weighted by molar-refractivity contribution is -0.135. The summed E-state index contributed by atoms with van der Waals surface area (Å²) in [5.74, 6) is -1.11. The van der Waals surface area contributed by atoms with E-state index < -0.39 is 33.4 Å². The molecule has 0 aliphatic heterocycles. The van der Waals surface area contributed by atoms with E-state index >= 15 is 4.39 Å². The zero-order chi connectivity index (χ0) is 28.9. The number of benzene rings is 3. The molecule has 214 valence electrons. The molecule has 4 rings (SSSR count). The third-order valence-corrected chi connectivity index (χ3v) is 9.40. The Morgan fingerprint density at radius 1 is 1.05 bits per heavy atom. The van der Waals surface area contributed by atoms with E-state index in [9.17, 15) is 17.6 Å². The average molecular weight is 591 g/mol. The number of hydrogen-bond acceptors (Lipinski definition) is 4. The number of para-hydroxylation sites is 1. The Bertz CT molecular complexity index is 1430. The van der Waals surface area contributed by atoms with Crippen molar-refractivity contribution in [2.24, 2.45) is 5.92 Å². The molecule has 0 saturated heterocycles. The number of carbonyl (C=O) groups excluding carboxylic acids is 1. The van der Waals surface area contributed by atoms with Gasteiger partial charge in [-0.05, 0) is 69.2 Å². The molecule has 1 fully saturated rings. The van der Waals surface area contributed by atoms with Gasteiger partial charge in [0.25, 0.3) is 10.0 Å². The van der Waals surface area contributed by atoms with Crippen LogP contribution in [0.4, 0.5) is 14.5 Å². The second-order valence-corrected chi connectivity index (χ2v) is 12.1. The van der Waals surface area contributed by atoms with Gasteiger partial charge in [-0.2, -0.15) is 0 Å². The molecule has 0 N–H and O–H groups in total. The van der Waals surface area contributed by atoms with E-state index in [0.29, 0.717) is 29.4 Å². The Hall–Kier alpha value is -3.17. The second kappa shape index (κ2) is 13.0. The lowest BCUT2D eigenvalue weighted by atomic mass is 10.1. The average Bonchev–Trinajstić information content (AvgIpc) is 3.48. The molecule has 10 heteroatoms. The molecular formula is C30H33ClF2N2O4S. The van der Waals surface area contributed by atoms with E-state index in [1.807, 2.05) is 6.92 Å². The van der Waals surface area contributed by atoms with Gasteiger partial charge in [-0.25, -0.2) is 17.2 Å². The zero-order valence-electron chi connectivity index (χ0n) is 22.5. The van der Waals surface area contributed by atoms with Gasteiger partial charge >= 0.3 is 0 Å². The quantitative estimate of drug-likeness (QED) is 0.241. The van der Waals surface area contributed by atoms with Crippen molar-refractivity contribution in [1.82, 2.24) is 4.90 Å². The Balaban J connectivity index is 1.64. The Morgan fingerprint density at radius 3 is 2.40 bits per heavy atom. The number of ether oxygens (including phenoxy) is 1. The van der Waals surface area contributed by atoms with Gasteiger partial charge in [0, 0.05) is 29.1 Å². The van der Waals surface area contributed by atoms with Crippen molar-refractivity contribution in [1.29, 1.82) is 0 Å². The number of sulfonamides is 1. The molecule has 6 nitrogen and oxygen atoms in total. The van der Waals surface area contributed by atoms with Crippen molar-refractivity contribution in [3.63, 3.8) is 0 Å². The number of carbonyl (C=O) groups is 1. The van der Waals surface area contributed by atoms with Crippen molar-refractivity contribution in [2.45, 2.75) is 50.5 Å². The van der Waals surface area contributed by atoms with Crippen molar-refractivity contribution in [3.8, 4) is 5.75 Å². The van der Waals surface area contributed by atoms with Gasteiger partial charge < -0.3 is 9.64 Å². The first-order valence-electron chi connectivity index (χ1n) is 13.4. The molecule has 1 aliphatic rings. The molecule has 0 heterocycles. The first-order chi connectivity index (χ1) is 19.1. The molecule has 1 unspecified atom stereocenters. The SMILES string of the molecule is CCN(CCOc1ccccc1C(C)N(c1cc(F)ccc1F)S(=O)(=O)c1ccc(Cl)cc1)C(=O)C1CCCC1. The minimum atomic E-state index is -4.37. The summed E-state index contributed by atoms with van der Waals surface area (Å²) in [6.07, 6.45) is 3.95. The highest BCUT2D eigenvalue weighted by molar-refractivity contribution is 7.92. The van der Waals surface area contributed by atoms with Crippen molar-refractivity contribution < 1.29 is 26.7 Å². The number of anilines is 1. The van der Waals surface area contributed by atoms with Gasteiger partial charge in [0.1, 0.15) is 24.0 Å². The molecule has 3 aromatic carbocycles. The van der Waals surface area contributed by atoms with Crippen LogP contribution in [0.5, 0.6) is 5.75 Å². The van der Waals surface area contributed by atoms with Crippen LogP contribution in [-0.2, 0) is 14.8 Å². The maximum atomic E-state index is 15.1. The molecule has 1 saturated carbocycles. The highest BCUT2D eigenvalue weighted by Gasteiger charge is 2.34. The maximum Gasteiger partial charge on any atom is 0.264 e. The predicted octanol–water partition coefficient (Wildman–Crippen LogP) is 6.99. The van der Waals surface area contributed by atoms with Crippen molar-refractivity contribution in [3.05, 3.63) is 89.0 Å². The smallest absolute Gasteiger partial charge is 0.264 e. The lowest BCUT2D eigenvalue weighted by Gasteiger charge is -2.32. The standard InChI is InChI=1S/C30H33ClF2N2O4S/c1-3-34(30(36)22-8-4-5-9-22)18-19-39-29-11-7-6-10-26(29)21(2)35(28-20-24(32)14-17-27(28)33)40(37,38)25-15-12-23(31)13-16-25/h6-7,10-17,20-22H,3-5,8-9,18-19H2,1-2H3. The fourth-order valence-corrected chi connectivity index (χ4v) is 6.89. The van der Waals surface area contributed by atoms with Gasteiger partial charge in [-0.3, -0.25) is 9.10 Å². The highest BCUT2D eigenvalue weighted by Crippen LogP contribution is 2.38. The minimum absolute atomic E-state index is 0.0556. The fraction of sp³-hybridized carbons (Fsp3) is 0.367. The third-order valence-electron chi connectivity index (χ3n) is 7.25. The topological polar surface area (TPSA) is 66.9 Å². The molecule has 0 bridgehead atoms. The number of hydrogen-bond donors (Lipinski definition) is 0. The normalized spacial score (nSPS) is 14.6. The molecule has 3 aromatic rings. The van der Waals surface area contributed by atoms with Crippen LogP contribution in [0.15, 0.2) is 71.6 Å². The van der Waals surface area contributed by atoms with Crippen LogP contribution in [0.25, 0.3) is 0 Å². The van der Waals surface area contributed by atoms with Crippen LogP contribution in [0.1, 0.15) is 51.1 Å². The summed E-state index contributed by atoms with van der Waals surface area (Å²) in [6, 6.07) is 14.0. The van der Waals surface area contributed by atoms with Crippen LogP contribution < -0.4 is 9.04 Å². The summed E-state index contributed by atoms with van der Waals surface area (Å²) >= 11 is 5.96. The minimum Gasteiger partial charge on any atom is -0.491 e. The Morgan fingerprint density at radius 2 is 1.73 bits per heavy atom. The molecule has 0 aromatic heterocycles. The van der Waals surface area contributed by atoms with Crippen molar-refractivity contribution >= 4 is 33.2 Å². The summed E-state index contributed by atoms with van der Waals surface area (Å²) in [7, 11) is -4.37. The van der Waals surface area contributed by atoms with Crippen molar-refractivity contribution in [2.75, 3.05) is 24.0 Å². The number of halogens is 3. The van der Waals surface area contributed by atoms with Crippen LogP contribution in [0.2, 0.25) is 5.02 Å². The summed E-state index contributed by atoms with van der Waals surface area (Å²) in [4.78, 5) is 14.5. The summed E-state index contributed by atoms with van der Waals surface area (Å²) in [5.41, 5.74) is 0.0189. The number of amides is 1. The molecule has 1 amide bonds. The largest absolute Gasteiger partial charge is 0.491 e. The maximum absolute atomic E-state index is 15.1. The molecule has 1 atom stereocenters. The zero-order valence-corrected chi connectivity index (χ0v) is 24.1. The van der Waals surface area contributed by atoms with E-state index in [2.05, 4.69) is 0 Å². The van der Waals surface area contributed by atoms with E-state index in [1.54, 1.807) is 36.1 Å². The third kappa shape index (κ3) is 6.58. The molecule has 0 spiro atoms. The van der Waals surface area contributed by atoms with Gasteiger partial charge in [-0.1, -0.05) is 42.6 Å². The molecule has 1 aliphatic carbocycles. The first-order valence-corrected chi connectivity index (χ1v) is 15.2.